The molecular weight excluding hydrogens is 496 g/mol. The van der Waals surface area contributed by atoms with Crippen LogP contribution in [0.1, 0.15) is 51.4 Å². The van der Waals surface area contributed by atoms with Crippen LogP contribution in [0.2, 0.25) is 5.02 Å². The molecule has 3 rings (SSSR count). The van der Waals surface area contributed by atoms with Crippen molar-refractivity contribution in [3.05, 3.63) is 59.6 Å². The highest BCUT2D eigenvalue weighted by Crippen LogP contribution is 2.34. The predicted octanol–water partition coefficient (Wildman–Crippen LogP) is 5.55. The van der Waals surface area contributed by atoms with Gasteiger partial charge in [-0.1, -0.05) is 37.6 Å². The van der Waals surface area contributed by atoms with Gasteiger partial charge in [0.05, 0.1) is 34.2 Å². The molecule has 0 saturated carbocycles. The van der Waals surface area contributed by atoms with E-state index in [-0.39, 0.29) is 17.2 Å². The number of halogens is 1. The number of carbonyl (C=O) groups excluding carboxylic acids is 3. The maximum atomic E-state index is 12.8. The number of rotatable bonds is 9. The first-order chi connectivity index (χ1) is 17.4. The van der Waals surface area contributed by atoms with Gasteiger partial charge in [-0.05, 0) is 51.0 Å². The Morgan fingerprint density at radius 1 is 1.05 bits per heavy atom. The summed E-state index contributed by atoms with van der Waals surface area (Å²) in [6.45, 7) is 9.99. The number of hydrogen-bond donors (Lipinski definition) is 3. The number of anilines is 3. The van der Waals surface area contributed by atoms with E-state index in [2.05, 4.69) is 26.0 Å². The summed E-state index contributed by atoms with van der Waals surface area (Å²) in [5.74, 6) is -0.600. The zero-order valence-electron chi connectivity index (χ0n) is 21.5. The molecule has 0 unspecified atom stereocenters. The number of nitrogens with zero attached hydrogens (tertiary/aromatic N) is 3. The predicted molar refractivity (Wildman–Crippen MR) is 144 cm³/mol. The first-order valence-electron chi connectivity index (χ1n) is 11.8. The van der Waals surface area contributed by atoms with Gasteiger partial charge in [0, 0.05) is 12.1 Å². The topological polar surface area (TPSA) is 127 Å². The van der Waals surface area contributed by atoms with E-state index in [9.17, 15) is 14.4 Å². The van der Waals surface area contributed by atoms with Crippen molar-refractivity contribution in [1.29, 1.82) is 0 Å². The third-order valence-corrected chi connectivity index (χ3v) is 5.20. The Bertz CT molecular complexity index is 1270. The zero-order chi connectivity index (χ0) is 27.2. The standard InChI is InChI=1S/C26H31ClN6O4/c1-16(2)13-29-20-11-22(32-25(36)37-26(3,4)5)21(10-19(20)27)31-24(35)12-23(34)17-7-6-8-18(9-17)33-15-28-14-30-33/h6-11,14-16,29H,12-13H2,1-5H3,(H,31,35)(H,32,36). The molecule has 0 aliphatic carbocycles. The van der Waals surface area contributed by atoms with Gasteiger partial charge in [0.1, 0.15) is 18.3 Å². The number of amides is 2. The number of Topliss-reactive ketones (excluding diaryl/α,β-unsaturated/α-hetero) is 1. The Balaban J connectivity index is 1.78. The molecule has 10 nitrogen and oxygen atoms in total. The molecule has 0 bridgehead atoms. The second kappa shape index (κ2) is 11.9. The van der Waals surface area contributed by atoms with Crippen LogP contribution in [-0.2, 0) is 9.53 Å². The number of hydrogen-bond acceptors (Lipinski definition) is 7. The van der Waals surface area contributed by atoms with Crippen LogP contribution in [0.25, 0.3) is 5.69 Å². The van der Waals surface area contributed by atoms with Gasteiger partial charge in [0.2, 0.25) is 5.91 Å². The Morgan fingerprint density at radius 3 is 2.43 bits per heavy atom. The van der Waals surface area contributed by atoms with Gasteiger partial charge in [-0.2, -0.15) is 5.10 Å². The summed E-state index contributed by atoms with van der Waals surface area (Å²) < 4.78 is 6.87. The SMILES string of the molecule is CC(C)CNc1cc(NC(=O)OC(C)(C)C)c(NC(=O)CC(=O)c2cccc(-n3cncn3)c2)cc1Cl. The summed E-state index contributed by atoms with van der Waals surface area (Å²) in [5, 5.41) is 13.0. The van der Waals surface area contributed by atoms with Crippen molar-refractivity contribution in [3.63, 3.8) is 0 Å². The average molecular weight is 527 g/mol. The number of ketones is 1. The maximum Gasteiger partial charge on any atom is 0.412 e. The molecule has 0 aliphatic rings. The minimum absolute atomic E-state index is 0.236. The lowest BCUT2D eigenvalue weighted by molar-refractivity contribution is -0.115. The first-order valence-corrected chi connectivity index (χ1v) is 12.1. The van der Waals surface area contributed by atoms with Gasteiger partial charge in [0.15, 0.2) is 5.78 Å². The third-order valence-electron chi connectivity index (χ3n) is 4.89. The number of benzene rings is 2. The zero-order valence-corrected chi connectivity index (χ0v) is 22.2. The maximum absolute atomic E-state index is 12.8. The van der Waals surface area contributed by atoms with E-state index in [1.807, 2.05) is 13.8 Å². The van der Waals surface area contributed by atoms with E-state index in [1.54, 1.807) is 51.1 Å². The average Bonchev–Trinajstić information content (AvgIpc) is 3.33. The van der Waals surface area contributed by atoms with Gasteiger partial charge < -0.3 is 15.4 Å². The number of nitrogens with one attached hydrogen (secondary N) is 3. The molecule has 1 aromatic heterocycles. The van der Waals surface area contributed by atoms with E-state index in [1.165, 1.54) is 23.4 Å². The lowest BCUT2D eigenvalue weighted by atomic mass is 10.1. The minimum atomic E-state index is -0.716. The molecule has 0 atom stereocenters. The summed E-state index contributed by atoms with van der Waals surface area (Å²) in [5.41, 5.74) is 1.37. The molecule has 0 fully saturated rings. The van der Waals surface area contributed by atoms with Gasteiger partial charge in [-0.15, -0.1) is 0 Å². The van der Waals surface area contributed by atoms with Crippen LogP contribution < -0.4 is 16.0 Å². The van der Waals surface area contributed by atoms with Gasteiger partial charge in [-0.25, -0.2) is 14.5 Å². The summed E-state index contributed by atoms with van der Waals surface area (Å²) in [6, 6.07) is 9.87. The third kappa shape index (κ3) is 8.32. The van der Waals surface area contributed by atoms with E-state index in [0.29, 0.717) is 34.4 Å². The van der Waals surface area contributed by atoms with Gasteiger partial charge in [0.25, 0.3) is 0 Å². The minimum Gasteiger partial charge on any atom is -0.444 e. The van der Waals surface area contributed by atoms with Crippen LogP contribution >= 0.6 is 11.6 Å². The van der Waals surface area contributed by atoms with Crippen molar-refractivity contribution in [1.82, 2.24) is 14.8 Å². The molecule has 37 heavy (non-hydrogen) atoms. The lowest BCUT2D eigenvalue weighted by Crippen LogP contribution is -2.28. The molecule has 0 aliphatic heterocycles. The molecule has 1 heterocycles. The fourth-order valence-corrected chi connectivity index (χ4v) is 3.48. The molecule has 0 radical (unpaired) electrons. The van der Waals surface area contributed by atoms with Crippen LogP contribution in [0, 0.1) is 5.92 Å². The smallest absolute Gasteiger partial charge is 0.412 e. The molecule has 2 aromatic carbocycles. The summed E-state index contributed by atoms with van der Waals surface area (Å²) in [7, 11) is 0. The molecule has 0 saturated heterocycles. The Kier molecular flexibility index (Phi) is 8.88. The largest absolute Gasteiger partial charge is 0.444 e. The van der Waals surface area contributed by atoms with Crippen LogP contribution in [0.15, 0.2) is 49.1 Å². The molecule has 3 N–H and O–H groups in total. The van der Waals surface area contributed by atoms with Crippen molar-refractivity contribution in [2.75, 3.05) is 22.5 Å². The normalized spacial score (nSPS) is 11.2. The highest BCUT2D eigenvalue weighted by molar-refractivity contribution is 6.34. The number of ether oxygens (including phenoxy) is 1. The monoisotopic (exact) mass is 526 g/mol. The van der Waals surface area contributed by atoms with Crippen molar-refractivity contribution in [2.24, 2.45) is 5.92 Å². The number of aromatic nitrogens is 3. The van der Waals surface area contributed by atoms with Gasteiger partial charge >= 0.3 is 6.09 Å². The van der Waals surface area contributed by atoms with E-state index in [4.69, 9.17) is 16.3 Å². The van der Waals surface area contributed by atoms with Crippen molar-refractivity contribution in [3.8, 4) is 5.69 Å². The second-order valence-corrected chi connectivity index (χ2v) is 10.2. The molecule has 0 spiro atoms. The Morgan fingerprint density at radius 2 is 1.78 bits per heavy atom. The first kappa shape index (κ1) is 27.7. The molecule has 196 valence electrons. The van der Waals surface area contributed by atoms with Crippen LogP contribution in [0.5, 0.6) is 0 Å². The van der Waals surface area contributed by atoms with Crippen LogP contribution in [0.3, 0.4) is 0 Å². The number of carbonyl (C=O) groups is 3. The highest BCUT2D eigenvalue weighted by Gasteiger charge is 2.20. The molecule has 2 amide bonds. The summed E-state index contributed by atoms with van der Waals surface area (Å²) >= 11 is 6.44. The Labute approximate surface area is 220 Å². The van der Waals surface area contributed by atoms with Crippen LogP contribution in [0.4, 0.5) is 21.9 Å². The van der Waals surface area contributed by atoms with Crippen molar-refractivity contribution < 1.29 is 19.1 Å². The van der Waals surface area contributed by atoms with E-state index < -0.39 is 24.0 Å². The molecular formula is C26H31ClN6O4. The van der Waals surface area contributed by atoms with E-state index in [0.717, 1.165) is 0 Å². The fraction of sp³-hybridized carbons (Fsp3) is 0.346. The highest BCUT2D eigenvalue weighted by atomic mass is 35.5. The van der Waals surface area contributed by atoms with Crippen molar-refractivity contribution in [2.45, 2.75) is 46.6 Å². The van der Waals surface area contributed by atoms with E-state index >= 15 is 0 Å². The quantitative estimate of drug-likeness (QED) is 0.246. The second-order valence-electron chi connectivity index (χ2n) is 9.82. The molecule has 3 aromatic rings. The summed E-state index contributed by atoms with van der Waals surface area (Å²) in [4.78, 5) is 42.0. The molecule has 11 heteroatoms. The van der Waals surface area contributed by atoms with Crippen LogP contribution in [-0.4, -0.2) is 44.7 Å². The Hall–Kier alpha value is -3.92. The fourth-order valence-electron chi connectivity index (χ4n) is 3.25. The lowest BCUT2D eigenvalue weighted by Gasteiger charge is -2.21. The summed E-state index contributed by atoms with van der Waals surface area (Å²) in [6.07, 6.45) is 1.79. The van der Waals surface area contributed by atoms with Crippen molar-refractivity contribution >= 4 is 46.4 Å². The van der Waals surface area contributed by atoms with Gasteiger partial charge in [-0.3, -0.25) is 14.9 Å².